The van der Waals surface area contributed by atoms with E-state index in [1.54, 1.807) is 36.4 Å². The van der Waals surface area contributed by atoms with Crippen LogP contribution in [0.3, 0.4) is 0 Å². The maximum Gasteiger partial charge on any atom is 0.291 e. The molecule has 4 N–H and O–H groups in total. The first-order chi connectivity index (χ1) is 10.6. The zero-order valence-electron chi connectivity index (χ0n) is 12.0. The van der Waals surface area contributed by atoms with E-state index in [9.17, 15) is 9.59 Å². The van der Waals surface area contributed by atoms with Gasteiger partial charge in [0.05, 0.1) is 11.8 Å². The third-order valence-electron chi connectivity index (χ3n) is 3.84. The first-order valence-corrected chi connectivity index (χ1v) is 7.12. The molecule has 1 fully saturated rings. The predicted octanol–water partition coefficient (Wildman–Crippen LogP) is 2.35. The van der Waals surface area contributed by atoms with Crippen molar-refractivity contribution in [1.82, 2.24) is 0 Å². The van der Waals surface area contributed by atoms with E-state index in [1.807, 2.05) is 0 Å². The van der Waals surface area contributed by atoms with Gasteiger partial charge in [-0.2, -0.15) is 0 Å². The van der Waals surface area contributed by atoms with Gasteiger partial charge in [-0.25, -0.2) is 0 Å². The summed E-state index contributed by atoms with van der Waals surface area (Å²) in [5, 5.41) is 5.50. The molecule has 22 heavy (non-hydrogen) atoms. The zero-order valence-corrected chi connectivity index (χ0v) is 12.0. The highest BCUT2D eigenvalue weighted by Crippen LogP contribution is 2.30. The van der Waals surface area contributed by atoms with Crippen molar-refractivity contribution in [2.24, 2.45) is 5.73 Å². The van der Waals surface area contributed by atoms with Crippen molar-refractivity contribution in [3.8, 4) is 0 Å². The summed E-state index contributed by atoms with van der Waals surface area (Å²) in [6.07, 6.45) is 3.87. The van der Waals surface area contributed by atoms with Gasteiger partial charge in [-0.15, -0.1) is 0 Å². The van der Waals surface area contributed by atoms with Crippen molar-refractivity contribution in [3.05, 3.63) is 48.4 Å². The quantitative estimate of drug-likeness (QED) is 0.807. The second-order valence-electron chi connectivity index (χ2n) is 5.47. The zero-order chi connectivity index (χ0) is 15.6. The normalized spacial score (nSPS) is 15.7. The molecule has 2 amide bonds. The molecule has 1 saturated carbocycles. The van der Waals surface area contributed by atoms with E-state index in [0.717, 1.165) is 19.3 Å². The summed E-state index contributed by atoms with van der Waals surface area (Å²) in [6.45, 7) is 0. The van der Waals surface area contributed by atoms with Crippen LogP contribution in [0.25, 0.3) is 0 Å². The number of hydrogen-bond acceptors (Lipinski definition) is 4. The number of carbonyl (C=O) groups excluding carboxylic acids is 2. The molecule has 6 heteroatoms. The Labute approximate surface area is 127 Å². The van der Waals surface area contributed by atoms with E-state index < -0.39 is 5.54 Å². The van der Waals surface area contributed by atoms with E-state index in [-0.39, 0.29) is 17.6 Å². The van der Waals surface area contributed by atoms with Gasteiger partial charge in [-0.05, 0) is 55.7 Å². The summed E-state index contributed by atoms with van der Waals surface area (Å²) in [6, 6.07) is 10.1. The summed E-state index contributed by atoms with van der Waals surface area (Å²) < 4.78 is 5.02. The maximum absolute atomic E-state index is 12.0. The summed E-state index contributed by atoms with van der Waals surface area (Å²) in [7, 11) is 0. The Morgan fingerprint density at radius 1 is 1.05 bits per heavy atom. The number of nitrogens with two attached hydrogens (primary N) is 1. The molecular formula is C16H17N3O3. The number of amides is 2. The molecule has 0 unspecified atom stereocenters. The van der Waals surface area contributed by atoms with Crippen molar-refractivity contribution in [2.45, 2.75) is 24.8 Å². The molecular weight excluding hydrogens is 282 g/mol. The summed E-state index contributed by atoms with van der Waals surface area (Å²) in [5.41, 5.74) is 6.50. The van der Waals surface area contributed by atoms with Crippen LogP contribution in [0.15, 0.2) is 47.1 Å². The van der Waals surface area contributed by atoms with Crippen molar-refractivity contribution in [2.75, 3.05) is 10.6 Å². The van der Waals surface area contributed by atoms with Gasteiger partial charge in [0.15, 0.2) is 5.76 Å². The lowest BCUT2D eigenvalue weighted by molar-refractivity contribution is -0.123. The van der Waals surface area contributed by atoms with Gasteiger partial charge in [0, 0.05) is 11.4 Å². The van der Waals surface area contributed by atoms with Crippen LogP contribution in [0.1, 0.15) is 29.8 Å². The smallest absolute Gasteiger partial charge is 0.291 e. The minimum absolute atomic E-state index is 0.161. The minimum Gasteiger partial charge on any atom is -0.459 e. The highest BCUT2D eigenvalue weighted by molar-refractivity contribution is 6.02. The van der Waals surface area contributed by atoms with Crippen LogP contribution >= 0.6 is 0 Å². The van der Waals surface area contributed by atoms with Gasteiger partial charge in [-0.1, -0.05) is 0 Å². The van der Waals surface area contributed by atoms with Crippen LogP contribution in [0.5, 0.6) is 0 Å². The third-order valence-corrected chi connectivity index (χ3v) is 3.84. The monoisotopic (exact) mass is 299 g/mol. The van der Waals surface area contributed by atoms with Crippen LogP contribution in [-0.4, -0.2) is 17.4 Å². The molecule has 0 spiro atoms. The van der Waals surface area contributed by atoms with E-state index in [4.69, 9.17) is 10.2 Å². The van der Waals surface area contributed by atoms with E-state index in [2.05, 4.69) is 10.6 Å². The van der Waals surface area contributed by atoms with Gasteiger partial charge >= 0.3 is 0 Å². The SMILES string of the molecule is NC1(C(=O)Nc2ccc(NC(=O)c3ccco3)cc2)CCC1. The van der Waals surface area contributed by atoms with Gasteiger partial charge < -0.3 is 20.8 Å². The fraction of sp³-hybridized carbons (Fsp3) is 0.250. The van der Waals surface area contributed by atoms with Crippen molar-refractivity contribution in [1.29, 1.82) is 0 Å². The molecule has 2 aromatic rings. The number of benzene rings is 1. The lowest BCUT2D eigenvalue weighted by atomic mass is 9.77. The Kier molecular flexibility index (Phi) is 3.68. The molecule has 0 saturated heterocycles. The van der Waals surface area contributed by atoms with E-state index in [0.29, 0.717) is 11.4 Å². The van der Waals surface area contributed by atoms with Crippen molar-refractivity contribution < 1.29 is 14.0 Å². The first kappa shape index (κ1) is 14.3. The topological polar surface area (TPSA) is 97.4 Å². The van der Waals surface area contributed by atoms with Crippen LogP contribution in [0.4, 0.5) is 11.4 Å². The fourth-order valence-corrected chi connectivity index (χ4v) is 2.28. The van der Waals surface area contributed by atoms with Gasteiger partial charge in [-0.3, -0.25) is 9.59 Å². The van der Waals surface area contributed by atoms with Gasteiger partial charge in [0.1, 0.15) is 0 Å². The molecule has 3 rings (SSSR count). The first-order valence-electron chi connectivity index (χ1n) is 7.12. The summed E-state index contributed by atoms with van der Waals surface area (Å²) in [5.74, 6) is -0.240. The number of carbonyl (C=O) groups is 2. The van der Waals surface area contributed by atoms with Crippen LogP contribution in [-0.2, 0) is 4.79 Å². The number of furan rings is 1. The van der Waals surface area contributed by atoms with E-state index >= 15 is 0 Å². The molecule has 0 radical (unpaired) electrons. The molecule has 1 aliphatic carbocycles. The van der Waals surface area contributed by atoms with Crippen LogP contribution in [0.2, 0.25) is 0 Å². The number of anilines is 2. The Morgan fingerprint density at radius 3 is 2.18 bits per heavy atom. The van der Waals surface area contributed by atoms with Crippen molar-refractivity contribution >= 4 is 23.2 Å². The summed E-state index contributed by atoms with van der Waals surface area (Å²) in [4.78, 5) is 23.8. The molecule has 1 aliphatic rings. The molecule has 0 aliphatic heterocycles. The summed E-state index contributed by atoms with van der Waals surface area (Å²) >= 11 is 0. The molecule has 6 nitrogen and oxygen atoms in total. The molecule has 0 bridgehead atoms. The highest BCUT2D eigenvalue weighted by atomic mass is 16.3. The molecule has 0 atom stereocenters. The third kappa shape index (κ3) is 2.87. The largest absolute Gasteiger partial charge is 0.459 e. The molecule has 114 valence electrons. The Morgan fingerprint density at radius 2 is 1.68 bits per heavy atom. The van der Waals surface area contributed by atoms with Gasteiger partial charge in [0.2, 0.25) is 5.91 Å². The van der Waals surface area contributed by atoms with Crippen LogP contribution in [0, 0.1) is 0 Å². The number of nitrogens with one attached hydrogen (secondary N) is 2. The lowest BCUT2D eigenvalue weighted by Gasteiger charge is -2.36. The predicted molar refractivity (Wildman–Crippen MR) is 82.5 cm³/mol. The number of hydrogen-bond donors (Lipinski definition) is 3. The maximum atomic E-state index is 12.0. The van der Waals surface area contributed by atoms with E-state index in [1.165, 1.54) is 6.26 Å². The standard InChI is InChI=1S/C16H17N3O3/c17-16(8-2-9-16)15(21)19-12-6-4-11(5-7-12)18-14(20)13-3-1-10-22-13/h1,3-7,10H,2,8-9,17H2,(H,18,20)(H,19,21). The number of rotatable bonds is 4. The molecule has 1 aromatic heterocycles. The fourth-order valence-electron chi connectivity index (χ4n) is 2.28. The Hall–Kier alpha value is -2.60. The Balaban J connectivity index is 1.60. The second-order valence-corrected chi connectivity index (χ2v) is 5.47. The molecule has 1 aromatic carbocycles. The van der Waals surface area contributed by atoms with Crippen LogP contribution < -0.4 is 16.4 Å². The Bertz CT molecular complexity index is 673. The second kappa shape index (κ2) is 5.65. The lowest BCUT2D eigenvalue weighted by Crippen LogP contribution is -2.56. The molecule has 1 heterocycles. The van der Waals surface area contributed by atoms with Crippen molar-refractivity contribution in [3.63, 3.8) is 0 Å². The average molecular weight is 299 g/mol. The minimum atomic E-state index is -0.730. The highest BCUT2D eigenvalue weighted by Gasteiger charge is 2.40. The average Bonchev–Trinajstić information content (AvgIpc) is 3.01. The van der Waals surface area contributed by atoms with Gasteiger partial charge in [0.25, 0.3) is 5.91 Å².